The number of methoxy groups -OCH3 is 2. The average Bonchev–Trinajstić information content (AvgIpc) is 1.61. The second-order valence-electron chi connectivity index (χ2n) is 39.9. The van der Waals surface area contributed by atoms with E-state index in [4.69, 9.17) is 96.7 Å². The highest BCUT2D eigenvalue weighted by Crippen LogP contribution is 2.36. The average molecular weight is 2200 g/mol. The summed E-state index contributed by atoms with van der Waals surface area (Å²) in [5.41, 5.74) is 14.2. The van der Waals surface area contributed by atoms with Crippen molar-refractivity contribution in [2.75, 3.05) is 85.0 Å². The Hall–Kier alpha value is -14.7. The van der Waals surface area contributed by atoms with E-state index >= 15 is 0 Å². The number of carbonyl (C=O) groups is 5. The van der Waals surface area contributed by atoms with Gasteiger partial charge in [0.25, 0.3) is 0 Å². The molecule has 15 aromatic heterocycles. The summed E-state index contributed by atoms with van der Waals surface area (Å²) in [6.45, 7) is 49.8. The number of hydrogen-bond acceptors (Lipinski definition) is 32. The number of nitrogens with one attached hydrogen (secondary N) is 1. The Morgan fingerprint density at radius 2 is 0.703 bits per heavy atom. The first-order chi connectivity index (χ1) is 68.9. The molecule has 15 rings (SSSR count). The molecule has 0 aromatic carbocycles. The molecular weight excluding hydrogens is 2070 g/mol. The molecule has 148 heavy (non-hydrogen) atoms. The number of amides is 5. The summed E-state index contributed by atoms with van der Waals surface area (Å²) in [6, 6.07) is 15.5. The topological polar surface area (TPSA) is 473 Å². The monoisotopic (exact) mass is 2190 g/mol. The number of nitrogens with zero attached hydrogens (tertiary/aromatic N) is 31. The summed E-state index contributed by atoms with van der Waals surface area (Å²) < 4.78 is 50.2. The highest BCUT2D eigenvalue weighted by Gasteiger charge is 2.32. The third kappa shape index (κ3) is 31.9. The lowest BCUT2D eigenvalue weighted by atomic mass is 10.2. The molecule has 0 aliphatic carbocycles. The zero-order valence-corrected chi connectivity index (χ0v) is 94.7. The Morgan fingerprint density at radius 3 is 0.986 bits per heavy atom. The van der Waals surface area contributed by atoms with E-state index in [1.807, 2.05) is 108 Å². The van der Waals surface area contributed by atoms with Gasteiger partial charge in [-0.1, -0.05) is 123 Å². The van der Waals surface area contributed by atoms with Gasteiger partial charge in [0.05, 0.1) is 97.3 Å². The number of rotatable bonds is 15. The molecule has 0 radical (unpaired) electrons. The molecule has 45 nitrogen and oxygen atoms in total. The van der Waals surface area contributed by atoms with Crippen molar-refractivity contribution in [1.29, 1.82) is 0 Å². The lowest BCUT2D eigenvalue weighted by Gasteiger charge is -2.25. The molecule has 0 spiro atoms. The van der Waals surface area contributed by atoms with Crippen molar-refractivity contribution in [2.24, 2.45) is 0 Å². The molecule has 15 aromatic rings. The van der Waals surface area contributed by atoms with Gasteiger partial charge in [0.1, 0.15) is 114 Å². The number of terminal acetylenes is 1. The molecule has 0 bridgehead atoms. The number of nitrogen functional groups attached to an aromatic ring is 1. The van der Waals surface area contributed by atoms with Gasteiger partial charge in [0.15, 0.2) is 28.2 Å². The normalized spacial score (nSPS) is 11.5. The van der Waals surface area contributed by atoms with E-state index in [0.717, 1.165) is 0 Å². The third-order valence-electron chi connectivity index (χ3n) is 19.1. The standard InChI is InChI=1S/C23H29N9O3.2C17H22ClN7O2.C17H23ClN4O2Si.C14H15ClN4O2.C6H8N2O.C3H7Br/c1-14(2)31-13-17(28-29-31)15-12-25-32-19(30(6)22(33)35-23(3,4)5)11-18(27-20(15)32)26-16-9-8-10-24-21(16)34-7;2*1-10(2)24-9-12(21-22-24)11-8-19-25-14(7-13(18)20-15(11)25)23(6)16(26)27-17(3,4)5;1-17(2,3)24-16(23)21(4)14-10-13(18)20-15-12(11-19-22(14)15)8-9-25(5,6)7;1-6-9-8-16-19-11(7-10(15)17-12(9)19)18(5)13(20)21-14(2,3)4;1-9-6-5(7)3-2-4-8-6;1-3(2)4/h8-14H,1-7H3,(H,26,27);2*7-10H,1-6H3;10-11H,1-7H3;1,7-8H,2-5H3;2-4H,7H2,1H3;3H,1-2H3. The molecule has 0 atom stereocenters. The summed E-state index contributed by atoms with van der Waals surface area (Å²) in [7, 11) is 9.52. The number of hydrogen-bond donors (Lipinski definition) is 2. The second kappa shape index (κ2) is 48.8. The predicted octanol–water partition coefficient (Wildman–Crippen LogP) is 20.5. The number of fused-ring (bicyclic) bond motifs is 5. The molecular formula is C97H126BrCl4N33O12Si. The van der Waals surface area contributed by atoms with Crippen molar-refractivity contribution in [3.05, 3.63) is 148 Å². The number of aromatic nitrogens is 26. The van der Waals surface area contributed by atoms with Crippen molar-refractivity contribution >= 4 is 175 Å². The largest absolute Gasteiger partial charge is 0.480 e. The molecule has 3 N–H and O–H groups in total. The van der Waals surface area contributed by atoms with E-state index in [1.165, 1.54) is 50.3 Å². The molecule has 0 saturated carbocycles. The molecule has 0 fully saturated rings. The number of nitrogens with two attached hydrogens (primary N) is 1. The molecule has 790 valence electrons. The smallest absolute Gasteiger partial charge is 0.415 e. The first-order valence-corrected chi connectivity index (χ1v) is 52.1. The van der Waals surface area contributed by atoms with Crippen molar-refractivity contribution < 1.29 is 57.1 Å². The van der Waals surface area contributed by atoms with Crippen LogP contribution in [0.2, 0.25) is 40.3 Å². The van der Waals surface area contributed by atoms with Gasteiger partial charge in [-0.2, -0.15) is 48.1 Å². The first-order valence-electron chi connectivity index (χ1n) is 46.2. The maximum atomic E-state index is 12.9. The van der Waals surface area contributed by atoms with Crippen LogP contribution in [0.25, 0.3) is 62.0 Å². The van der Waals surface area contributed by atoms with E-state index in [9.17, 15) is 24.0 Å². The van der Waals surface area contributed by atoms with E-state index < -0.39 is 66.5 Å². The van der Waals surface area contributed by atoms with Gasteiger partial charge in [0, 0.05) is 101 Å². The third-order valence-corrected chi connectivity index (χ3v) is 20.7. The van der Waals surface area contributed by atoms with Crippen molar-refractivity contribution in [3.8, 4) is 69.3 Å². The second-order valence-corrected chi connectivity index (χ2v) is 48.0. The van der Waals surface area contributed by atoms with E-state index in [2.05, 4.69) is 158 Å². The van der Waals surface area contributed by atoms with Crippen LogP contribution >= 0.6 is 62.3 Å². The van der Waals surface area contributed by atoms with Crippen LogP contribution in [0.5, 0.6) is 11.8 Å². The molecule has 0 aliphatic rings. The minimum Gasteiger partial charge on any atom is -0.480 e. The van der Waals surface area contributed by atoms with Gasteiger partial charge >= 0.3 is 30.5 Å². The summed E-state index contributed by atoms with van der Waals surface area (Å²) in [5.74, 6) is 9.14. The van der Waals surface area contributed by atoms with Gasteiger partial charge in [-0.3, -0.25) is 24.5 Å². The number of anilines is 8. The van der Waals surface area contributed by atoms with Crippen LogP contribution in [0.1, 0.15) is 188 Å². The molecule has 0 unspecified atom stereocenters. The number of ether oxygens (including phenoxy) is 7. The summed E-state index contributed by atoms with van der Waals surface area (Å²) in [6.07, 6.45) is 19.6. The van der Waals surface area contributed by atoms with Crippen molar-refractivity contribution in [2.45, 2.75) is 230 Å². The van der Waals surface area contributed by atoms with Gasteiger partial charge < -0.3 is 44.2 Å². The molecule has 5 amide bonds. The van der Waals surface area contributed by atoms with Crippen molar-refractivity contribution in [3.63, 3.8) is 0 Å². The van der Waals surface area contributed by atoms with Crippen LogP contribution in [-0.2, 0) is 23.7 Å². The summed E-state index contributed by atoms with van der Waals surface area (Å²) in [4.78, 5) is 99.6. The maximum Gasteiger partial charge on any atom is 0.415 e. The predicted molar refractivity (Wildman–Crippen MR) is 578 cm³/mol. The Bertz CT molecular complexity index is 7150. The van der Waals surface area contributed by atoms with Crippen LogP contribution in [0.3, 0.4) is 0 Å². The molecule has 0 aliphatic heterocycles. The SMILES string of the molecule is C#Cc1cnn2c(N(C)C(=O)OC(C)(C)C)cc(Cl)nc12.CC(C)Br.CC(C)n1cc(-c2cnn3c(N(C)C(=O)OC(C)(C)C)cc(Cl)nc23)nn1.CC(C)n1cc(-c2cnn3c(N(C)C(=O)OC(C)(C)C)cc(Cl)nc23)nn1.CN(C(=O)OC(C)(C)C)c1cc(Cl)nc2c(C#C[Si](C)(C)C)cnn12.COc1ncccc1N.COc1ncccc1Nc1cc(N(C)C(=O)OC(C)(C)C)n2ncc(-c3cn(C(C)C)nn3)c2n1. The number of alkyl halides is 1. The van der Waals surface area contributed by atoms with E-state index in [-0.39, 0.29) is 38.7 Å². The van der Waals surface area contributed by atoms with Gasteiger partial charge in [-0.15, -0.1) is 27.3 Å². The van der Waals surface area contributed by atoms with Crippen LogP contribution in [0.15, 0.2) is 117 Å². The lowest BCUT2D eigenvalue weighted by molar-refractivity contribution is 0.0577. The number of carbonyl (C=O) groups excluding carboxylic acids is 5. The highest BCUT2D eigenvalue weighted by atomic mass is 79.9. The van der Waals surface area contributed by atoms with Crippen LogP contribution < -0.4 is 45.0 Å². The number of pyridine rings is 2. The summed E-state index contributed by atoms with van der Waals surface area (Å²) in [5, 5.41) is 50.9. The first kappa shape index (κ1) is 117. The minimum absolute atomic E-state index is 0.148. The minimum atomic E-state index is -1.54. The van der Waals surface area contributed by atoms with E-state index in [1.54, 1.807) is 214 Å². The zero-order valence-electron chi connectivity index (χ0n) is 89.1. The maximum absolute atomic E-state index is 12.9. The van der Waals surface area contributed by atoms with Gasteiger partial charge in [-0.05, 0) is 170 Å². The van der Waals surface area contributed by atoms with Crippen molar-refractivity contribution in [1.82, 2.24) is 128 Å². The molecule has 15 heterocycles. The zero-order chi connectivity index (χ0) is 110. The van der Waals surface area contributed by atoms with Crippen LogP contribution in [0, 0.1) is 23.8 Å². The quantitative estimate of drug-likeness (QED) is 0.0316. The highest BCUT2D eigenvalue weighted by molar-refractivity contribution is 9.09. The molecule has 0 saturated heterocycles. The Kier molecular flexibility index (Phi) is 38.5. The summed E-state index contributed by atoms with van der Waals surface area (Å²) >= 11 is 27.8. The van der Waals surface area contributed by atoms with Gasteiger partial charge in [-0.25, -0.2) is 72.9 Å². The van der Waals surface area contributed by atoms with Gasteiger partial charge in [0.2, 0.25) is 11.8 Å². The van der Waals surface area contributed by atoms with Crippen LogP contribution in [0.4, 0.5) is 70.3 Å². The Labute approximate surface area is 887 Å². The fraction of sp³-hybridized carbons (Fsp3) is 0.433. The number of halogens is 5. The fourth-order valence-electron chi connectivity index (χ4n) is 12.3. The molecule has 51 heteroatoms. The van der Waals surface area contributed by atoms with Crippen LogP contribution in [-0.4, -0.2) is 249 Å². The fourth-order valence-corrected chi connectivity index (χ4v) is 13.5. The lowest BCUT2D eigenvalue weighted by Crippen LogP contribution is -2.35. The Morgan fingerprint density at radius 1 is 0.426 bits per heavy atom. The van der Waals surface area contributed by atoms with E-state index in [0.29, 0.717) is 136 Å². The Balaban J connectivity index is 0.000000201.